The van der Waals surface area contributed by atoms with E-state index in [2.05, 4.69) is 20.0 Å². The highest BCUT2D eigenvalue weighted by molar-refractivity contribution is 7.45. The molecule has 5 rings (SSSR count). The number of rotatable bonds is 10. The summed E-state index contributed by atoms with van der Waals surface area (Å²) < 4.78 is 73.0. The minimum absolute atomic E-state index is 0.0239. The first-order chi connectivity index (χ1) is 21.5. The number of benzene rings is 2. The summed E-state index contributed by atoms with van der Waals surface area (Å²) in [5.74, 6) is -3.61. The summed E-state index contributed by atoms with van der Waals surface area (Å²) in [6.07, 6.45) is -2.68. The molecule has 3 heterocycles. The Morgan fingerprint density at radius 3 is 2.60 bits per heavy atom. The van der Waals surface area contributed by atoms with Crippen LogP contribution in [-0.2, 0) is 18.8 Å². The van der Waals surface area contributed by atoms with Gasteiger partial charge in [0.05, 0.1) is 25.5 Å². The summed E-state index contributed by atoms with van der Waals surface area (Å²) in [4.78, 5) is 34.5. The Bertz CT molecular complexity index is 1610. The van der Waals surface area contributed by atoms with Gasteiger partial charge in [0.25, 0.3) is 11.5 Å². The largest absolute Gasteiger partial charge is 0.462 e. The SMILES string of the molecule is CC.CC(C)OC(=O)CNP(OCC1OC(n2cnc3c(=O)[nH]c(N)nc32)CC1(F)F)Oc1ccc2ccccc2c1.FCF. The van der Waals surface area contributed by atoms with Crippen LogP contribution in [0.15, 0.2) is 53.6 Å². The van der Waals surface area contributed by atoms with Gasteiger partial charge in [-0.1, -0.05) is 44.2 Å². The molecular weight excluding hydrogens is 623 g/mol. The number of nitrogens with zero attached hydrogens (tertiary/aromatic N) is 3. The zero-order valence-electron chi connectivity index (χ0n) is 25.0. The summed E-state index contributed by atoms with van der Waals surface area (Å²) in [5, 5.41) is 4.71. The monoisotopic (exact) mass is 658 g/mol. The van der Waals surface area contributed by atoms with E-state index in [9.17, 15) is 18.4 Å². The normalized spacial score (nSPS) is 17.7. The first-order valence-corrected chi connectivity index (χ1v) is 15.1. The summed E-state index contributed by atoms with van der Waals surface area (Å²) in [7, 11) is -2.06. The van der Waals surface area contributed by atoms with Gasteiger partial charge in [-0.05, 0) is 36.8 Å². The molecule has 246 valence electrons. The minimum Gasteiger partial charge on any atom is -0.462 e. The molecule has 0 spiro atoms. The van der Waals surface area contributed by atoms with Crippen LogP contribution >= 0.6 is 8.53 Å². The van der Waals surface area contributed by atoms with E-state index in [1.54, 1.807) is 26.0 Å². The van der Waals surface area contributed by atoms with Crippen molar-refractivity contribution in [2.75, 3.05) is 25.8 Å². The molecule has 45 heavy (non-hydrogen) atoms. The standard InChI is InChI=1S/C25H27F2N6O6P.C2H6.CH2F2/c1-14(2)37-20(34)11-30-40(39-17-8-7-15-5-3-4-6-16(15)9-17)36-12-18-25(26,27)10-19(38-18)33-13-29-21-22(33)31-24(28)32-23(21)35;1-2;2-1-3/h3-9,13-14,18-19,30H,10-12H2,1-2H3,(H3,28,31,32,35);1-2H3;1H2. The minimum atomic E-state index is -3.30. The van der Waals surface area contributed by atoms with Gasteiger partial charge >= 0.3 is 14.5 Å². The van der Waals surface area contributed by atoms with Crippen molar-refractivity contribution in [3.05, 3.63) is 59.1 Å². The molecular formula is C28H35F4N6O6P. The number of nitrogen functional groups attached to an aromatic ring is 1. The maximum atomic E-state index is 15.0. The molecule has 17 heteroatoms. The van der Waals surface area contributed by atoms with Crippen molar-refractivity contribution in [2.24, 2.45) is 0 Å². The van der Waals surface area contributed by atoms with E-state index in [1.807, 2.05) is 44.2 Å². The first kappa shape index (κ1) is 35.6. The molecule has 12 nitrogen and oxygen atoms in total. The van der Waals surface area contributed by atoms with Crippen LogP contribution in [0, 0.1) is 0 Å². The Hall–Kier alpha value is -3.85. The molecule has 0 amide bonds. The van der Waals surface area contributed by atoms with Crippen molar-refractivity contribution < 1.29 is 40.9 Å². The van der Waals surface area contributed by atoms with Gasteiger partial charge < -0.3 is 24.3 Å². The zero-order valence-corrected chi connectivity index (χ0v) is 25.9. The van der Waals surface area contributed by atoms with Gasteiger partial charge in [0.2, 0.25) is 12.9 Å². The number of hydrogen-bond acceptors (Lipinski definition) is 10. The van der Waals surface area contributed by atoms with Gasteiger partial charge in [0, 0.05) is 0 Å². The average Bonchev–Trinajstić information content (AvgIpc) is 3.55. The number of carbonyl (C=O) groups is 1. The van der Waals surface area contributed by atoms with Crippen molar-refractivity contribution in [1.29, 1.82) is 0 Å². The maximum absolute atomic E-state index is 15.0. The molecule has 4 N–H and O–H groups in total. The number of esters is 1. The first-order valence-electron chi connectivity index (χ1n) is 13.9. The number of carbonyl (C=O) groups excluding carboxylic acids is 1. The molecule has 4 aromatic rings. The fourth-order valence-corrected chi connectivity index (χ4v) is 5.22. The van der Waals surface area contributed by atoms with Gasteiger partial charge in [0.1, 0.15) is 24.6 Å². The highest BCUT2D eigenvalue weighted by atomic mass is 31.2. The number of aromatic amines is 1. The zero-order chi connectivity index (χ0) is 33.1. The van der Waals surface area contributed by atoms with Crippen LogP contribution in [0.25, 0.3) is 21.9 Å². The molecule has 0 aliphatic carbocycles. The highest BCUT2D eigenvalue weighted by Gasteiger charge is 2.51. The number of nitrogens with two attached hydrogens (primary N) is 1. The second-order valence-corrected chi connectivity index (χ2v) is 10.7. The number of fused-ring (bicyclic) bond motifs is 2. The molecule has 0 bridgehead atoms. The van der Waals surface area contributed by atoms with Gasteiger partial charge in [0.15, 0.2) is 11.2 Å². The molecule has 1 saturated heterocycles. The lowest BCUT2D eigenvalue weighted by molar-refractivity contribution is -0.145. The van der Waals surface area contributed by atoms with Crippen LogP contribution in [-0.4, -0.2) is 63.7 Å². The number of alkyl halides is 4. The lowest BCUT2D eigenvalue weighted by Crippen LogP contribution is -2.33. The van der Waals surface area contributed by atoms with Gasteiger partial charge in [-0.3, -0.25) is 19.1 Å². The van der Waals surface area contributed by atoms with Crippen LogP contribution in [0.3, 0.4) is 0 Å². The van der Waals surface area contributed by atoms with E-state index in [4.69, 9.17) is 24.3 Å². The molecule has 3 unspecified atom stereocenters. The topological polar surface area (TPSA) is 156 Å². The third-order valence-electron chi connectivity index (χ3n) is 5.97. The number of ether oxygens (including phenoxy) is 2. The molecule has 1 aliphatic rings. The predicted octanol–water partition coefficient (Wildman–Crippen LogP) is 5.55. The van der Waals surface area contributed by atoms with Gasteiger partial charge in [-0.2, -0.15) is 4.98 Å². The van der Waals surface area contributed by atoms with Crippen molar-refractivity contribution in [1.82, 2.24) is 24.6 Å². The van der Waals surface area contributed by atoms with Crippen LogP contribution in [0.5, 0.6) is 5.75 Å². The second kappa shape index (κ2) is 16.5. The molecule has 1 fully saturated rings. The maximum Gasteiger partial charge on any atom is 0.320 e. The van der Waals surface area contributed by atoms with E-state index >= 15 is 8.78 Å². The summed E-state index contributed by atoms with van der Waals surface area (Å²) in [5.41, 5.74) is 5.00. The Morgan fingerprint density at radius 1 is 1.22 bits per heavy atom. The van der Waals surface area contributed by atoms with Crippen LogP contribution in [0.2, 0.25) is 0 Å². The summed E-state index contributed by atoms with van der Waals surface area (Å²) in [6.45, 7) is 4.85. The molecule has 3 atom stereocenters. The molecule has 2 aromatic carbocycles. The van der Waals surface area contributed by atoms with Gasteiger partial charge in [-0.25, -0.2) is 27.6 Å². The molecule has 0 radical (unpaired) electrons. The summed E-state index contributed by atoms with van der Waals surface area (Å²) in [6, 6.07) is 13.0. The average molecular weight is 659 g/mol. The Labute approximate surface area is 257 Å². The van der Waals surface area contributed by atoms with Crippen molar-refractivity contribution >= 4 is 42.4 Å². The number of hydrogen-bond donors (Lipinski definition) is 3. The summed E-state index contributed by atoms with van der Waals surface area (Å²) >= 11 is 0. The number of nitrogens with one attached hydrogen (secondary N) is 2. The molecule has 1 aliphatic heterocycles. The lowest BCUT2D eigenvalue weighted by Gasteiger charge is -2.22. The van der Waals surface area contributed by atoms with Crippen LogP contribution < -0.4 is 20.9 Å². The Morgan fingerprint density at radius 2 is 1.91 bits per heavy atom. The van der Waals surface area contributed by atoms with E-state index in [1.165, 1.54) is 10.9 Å². The third-order valence-corrected chi connectivity index (χ3v) is 7.15. The van der Waals surface area contributed by atoms with E-state index in [0.29, 0.717) is 5.75 Å². The van der Waals surface area contributed by atoms with Crippen LogP contribution in [0.1, 0.15) is 40.3 Å². The second-order valence-electron chi connectivity index (χ2n) is 9.45. The number of aromatic nitrogens is 4. The fourth-order valence-electron chi connectivity index (χ4n) is 4.17. The van der Waals surface area contributed by atoms with E-state index in [-0.39, 0.29) is 29.8 Å². The molecule has 0 saturated carbocycles. The highest BCUT2D eigenvalue weighted by Crippen LogP contribution is 2.44. The smallest absolute Gasteiger partial charge is 0.320 e. The number of H-pyrrole nitrogens is 1. The van der Waals surface area contributed by atoms with Crippen molar-refractivity contribution in [2.45, 2.75) is 58.5 Å². The number of halogens is 4. The van der Waals surface area contributed by atoms with Gasteiger partial charge in [-0.15, -0.1) is 0 Å². The molecule has 2 aromatic heterocycles. The number of anilines is 1. The fraction of sp³-hybridized carbons (Fsp3) is 0.429. The van der Waals surface area contributed by atoms with Crippen molar-refractivity contribution in [3.63, 3.8) is 0 Å². The van der Waals surface area contributed by atoms with E-state index < -0.39 is 58.3 Å². The predicted molar refractivity (Wildman–Crippen MR) is 161 cm³/mol. The van der Waals surface area contributed by atoms with Crippen LogP contribution in [0.4, 0.5) is 23.5 Å². The lowest BCUT2D eigenvalue weighted by atomic mass is 10.1. The third kappa shape index (κ3) is 9.57. The van der Waals surface area contributed by atoms with E-state index in [0.717, 1.165) is 10.8 Å². The van der Waals surface area contributed by atoms with Crippen molar-refractivity contribution in [3.8, 4) is 5.75 Å². The number of imidazole rings is 1. The Balaban J connectivity index is 0.00000104. The quantitative estimate of drug-likeness (QED) is 0.112. The Kier molecular flexibility index (Phi) is 13.0.